The first kappa shape index (κ1) is 16.2. The van der Waals surface area contributed by atoms with E-state index in [4.69, 9.17) is 4.74 Å². The summed E-state index contributed by atoms with van der Waals surface area (Å²) >= 11 is 0. The molecule has 0 amide bonds. The Labute approximate surface area is 118 Å². The van der Waals surface area contributed by atoms with Gasteiger partial charge in [-0.1, -0.05) is 51.1 Å². The van der Waals surface area contributed by atoms with Gasteiger partial charge in [0.15, 0.2) is 0 Å². The predicted molar refractivity (Wildman–Crippen MR) is 82.3 cm³/mol. The van der Waals surface area contributed by atoms with E-state index in [0.717, 1.165) is 25.4 Å². The molecule has 0 aliphatic carbocycles. The minimum absolute atomic E-state index is 0.250. The zero-order valence-electron chi connectivity index (χ0n) is 12.9. The smallest absolute Gasteiger partial charge is 0.0767 e. The maximum Gasteiger partial charge on any atom is 0.0767 e. The summed E-state index contributed by atoms with van der Waals surface area (Å²) in [4.78, 5) is 0. The second-order valence-corrected chi connectivity index (χ2v) is 5.53. The number of hydrogen-bond acceptors (Lipinski definition) is 2. The van der Waals surface area contributed by atoms with E-state index in [1.165, 1.54) is 12.0 Å². The van der Waals surface area contributed by atoms with Gasteiger partial charge in [-0.15, -0.1) is 0 Å². The average Bonchev–Trinajstić information content (AvgIpc) is 2.43. The molecule has 0 radical (unpaired) electrons. The van der Waals surface area contributed by atoms with Crippen LogP contribution in [0, 0.1) is 5.92 Å². The highest BCUT2D eigenvalue weighted by atomic mass is 16.5. The van der Waals surface area contributed by atoms with Gasteiger partial charge in [0.25, 0.3) is 0 Å². The molecule has 1 aromatic carbocycles. The lowest BCUT2D eigenvalue weighted by Gasteiger charge is -2.26. The summed E-state index contributed by atoms with van der Waals surface area (Å²) in [6, 6.07) is 10.9. The molecule has 2 heteroatoms. The molecule has 0 spiro atoms. The van der Waals surface area contributed by atoms with Crippen molar-refractivity contribution in [3.63, 3.8) is 0 Å². The van der Waals surface area contributed by atoms with Gasteiger partial charge < -0.3 is 10.1 Å². The highest BCUT2D eigenvalue weighted by Crippen LogP contribution is 2.21. The number of rotatable bonds is 9. The lowest BCUT2D eigenvalue weighted by atomic mass is 9.99. The van der Waals surface area contributed by atoms with Gasteiger partial charge in [0, 0.05) is 6.61 Å². The van der Waals surface area contributed by atoms with Crippen LogP contribution >= 0.6 is 0 Å². The molecule has 108 valence electrons. The normalized spacial score (nSPS) is 14.6. The fourth-order valence-electron chi connectivity index (χ4n) is 2.40. The predicted octanol–water partition coefficient (Wildman–Crippen LogP) is 4.18. The first-order valence-electron chi connectivity index (χ1n) is 7.52. The zero-order valence-corrected chi connectivity index (χ0v) is 12.9. The van der Waals surface area contributed by atoms with Crippen molar-refractivity contribution in [2.45, 2.75) is 52.2 Å². The molecule has 0 aliphatic heterocycles. The summed E-state index contributed by atoms with van der Waals surface area (Å²) in [5.74, 6) is 0.762. The molecule has 1 rings (SSSR count). The number of benzene rings is 1. The fourth-order valence-corrected chi connectivity index (χ4v) is 2.40. The largest absolute Gasteiger partial charge is 0.376 e. The van der Waals surface area contributed by atoms with E-state index < -0.39 is 0 Å². The van der Waals surface area contributed by atoms with Crippen LogP contribution < -0.4 is 5.32 Å². The molecule has 0 fully saturated rings. The molecule has 2 unspecified atom stereocenters. The Balaban J connectivity index is 2.51. The van der Waals surface area contributed by atoms with Gasteiger partial charge in [-0.3, -0.25) is 0 Å². The van der Waals surface area contributed by atoms with Gasteiger partial charge in [0.05, 0.1) is 12.1 Å². The zero-order chi connectivity index (χ0) is 14.1. The fraction of sp³-hybridized carbons (Fsp3) is 0.647. The van der Waals surface area contributed by atoms with Gasteiger partial charge in [0.1, 0.15) is 0 Å². The lowest BCUT2D eigenvalue weighted by molar-refractivity contribution is 0.0220. The summed E-state index contributed by atoms with van der Waals surface area (Å²) in [6.07, 6.45) is 3.67. The lowest BCUT2D eigenvalue weighted by Crippen LogP contribution is -2.31. The van der Waals surface area contributed by atoms with Crippen LogP contribution in [-0.4, -0.2) is 19.8 Å². The summed E-state index contributed by atoms with van der Waals surface area (Å²) in [5, 5.41) is 3.39. The minimum atomic E-state index is 0.250. The maximum absolute atomic E-state index is 6.09. The Bertz CT molecular complexity index is 323. The third kappa shape index (κ3) is 5.75. The van der Waals surface area contributed by atoms with Crippen molar-refractivity contribution < 1.29 is 4.74 Å². The van der Waals surface area contributed by atoms with Gasteiger partial charge in [-0.25, -0.2) is 0 Å². The molecule has 19 heavy (non-hydrogen) atoms. The van der Waals surface area contributed by atoms with E-state index >= 15 is 0 Å². The molecule has 2 atom stereocenters. The molecular weight excluding hydrogens is 234 g/mol. The number of nitrogens with one attached hydrogen (secondary N) is 1. The second kappa shape index (κ2) is 9.11. The van der Waals surface area contributed by atoms with E-state index in [1.54, 1.807) is 0 Å². The molecule has 0 aromatic heterocycles. The molecular formula is C17H29NO. The molecule has 0 saturated carbocycles. The summed E-state index contributed by atoms with van der Waals surface area (Å²) in [6.45, 7) is 7.58. The van der Waals surface area contributed by atoms with Crippen molar-refractivity contribution >= 4 is 0 Å². The topological polar surface area (TPSA) is 21.3 Å². The number of likely N-dealkylation sites (N-methyl/N-ethyl adjacent to an activating group) is 1. The summed E-state index contributed by atoms with van der Waals surface area (Å²) in [7, 11) is 2.01. The number of hydrogen-bond donors (Lipinski definition) is 1. The molecule has 0 aliphatic rings. The van der Waals surface area contributed by atoms with Crippen molar-refractivity contribution in [1.29, 1.82) is 0 Å². The van der Waals surface area contributed by atoms with Gasteiger partial charge >= 0.3 is 0 Å². The van der Waals surface area contributed by atoms with Crippen molar-refractivity contribution in [1.82, 2.24) is 5.32 Å². The van der Waals surface area contributed by atoms with Crippen LogP contribution in [0.25, 0.3) is 0 Å². The Morgan fingerprint density at radius 1 is 1.16 bits per heavy atom. The maximum atomic E-state index is 6.09. The summed E-state index contributed by atoms with van der Waals surface area (Å²) < 4.78 is 6.09. The van der Waals surface area contributed by atoms with E-state index in [-0.39, 0.29) is 12.1 Å². The standard InChI is InChI=1S/C17H29NO/c1-5-16(19-13-9-10-14(2)3)17(18-4)15-11-7-6-8-12-15/h6-8,11-12,14,16-18H,5,9-10,13H2,1-4H3. The number of ether oxygens (including phenoxy) is 1. The van der Waals surface area contributed by atoms with Crippen molar-refractivity contribution in [2.75, 3.05) is 13.7 Å². The first-order valence-corrected chi connectivity index (χ1v) is 7.52. The molecule has 0 bridgehead atoms. The molecule has 2 nitrogen and oxygen atoms in total. The monoisotopic (exact) mass is 263 g/mol. The van der Waals surface area contributed by atoms with E-state index in [1.807, 2.05) is 7.05 Å². The molecule has 1 aromatic rings. The van der Waals surface area contributed by atoms with Crippen LogP contribution in [0.5, 0.6) is 0 Å². The molecule has 0 saturated heterocycles. The van der Waals surface area contributed by atoms with Gasteiger partial charge in [-0.05, 0) is 37.8 Å². The summed E-state index contributed by atoms with van der Waals surface area (Å²) in [5.41, 5.74) is 1.31. The first-order chi connectivity index (χ1) is 9.19. The van der Waals surface area contributed by atoms with Crippen LogP contribution in [0.15, 0.2) is 30.3 Å². The van der Waals surface area contributed by atoms with E-state index in [2.05, 4.69) is 56.4 Å². The third-order valence-corrected chi connectivity index (χ3v) is 3.50. The van der Waals surface area contributed by atoms with Crippen molar-refractivity contribution in [3.05, 3.63) is 35.9 Å². The Morgan fingerprint density at radius 2 is 1.84 bits per heavy atom. The molecule has 1 N–H and O–H groups in total. The van der Waals surface area contributed by atoms with Crippen LogP contribution in [-0.2, 0) is 4.74 Å². The quantitative estimate of drug-likeness (QED) is 0.675. The second-order valence-electron chi connectivity index (χ2n) is 5.53. The Hall–Kier alpha value is -0.860. The third-order valence-electron chi connectivity index (χ3n) is 3.50. The van der Waals surface area contributed by atoms with Crippen LogP contribution in [0.4, 0.5) is 0 Å². The van der Waals surface area contributed by atoms with Crippen molar-refractivity contribution in [2.24, 2.45) is 5.92 Å². The average molecular weight is 263 g/mol. The van der Waals surface area contributed by atoms with Crippen LogP contribution in [0.3, 0.4) is 0 Å². The molecule has 0 heterocycles. The Kier molecular flexibility index (Phi) is 7.76. The SMILES string of the molecule is CCC(OCCCC(C)C)C(NC)c1ccccc1. The minimum Gasteiger partial charge on any atom is -0.376 e. The Morgan fingerprint density at radius 3 is 2.37 bits per heavy atom. The van der Waals surface area contributed by atoms with Crippen LogP contribution in [0.2, 0.25) is 0 Å². The van der Waals surface area contributed by atoms with E-state index in [9.17, 15) is 0 Å². The van der Waals surface area contributed by atoms with E-state index in [0.29, 0.717) is 0 Å². The van der Waals surface area contributed by atoms with Gasteiger partial charge in [0.2, 0.25) is 0 Å². The van der Waals surface area contributed by atoms with Crippen LogP contribution in [0.1, 0.15) is 51.6 Å². The van der Waals surface area contributed by atoms with Gasteiger partial charge in [-0.2, -0.15) is 0 Å². The highest BCUT2D eigenvalue weighted by molar-refractivity contribution is 5.20. The highest BCUT2D eigenvalue weighted by Gasteiger charge is 2.20. The van der Waals surface area contributed by atoms with Crippen molar-refractivity contribution in [3.8, 4) is 0 Å².